The summed E-state index contributed by atoms with van der Waals surface area (Å²) in [5, 5.41) is 3.56. The van der Waals surface area contributed by atoms with Crippen LogP contribution in [0.4, 0.5) is 0 Å². The van der Waals surface area contributed by atoms with Gasteiger partial charge in [-0.3, -0.25) is 4.99 Å². The Kier molecular flexibility index (Phi) is 3.05. The molecule has 20 heavy (non-hydrogen) atoms. The maximum Gasteiger partial charge on any atom is 0.148 e. The molecular formula is C17H19N3. The highest BCUT2D eigenvalue weighted by molar-refractivity contribution is 5.99. The number of benzene rings is 1. The quantitative estimate of drug-likeness (QED) is 0.906. The van der Waals surface area contributed by atoms with E-state index in [0.29, 0.717) is 0 Å². The average Bonchev–Trinajstić information content (AvgIpc) is 2.77. The highest BCUT2D eigenvalue weighted by atomic mass is 15.2. The number of hydrogen-bond acceptors (Lipinski definition) is 3. The summed E-state index contributed by atoms with van der Waals surface area (Å²) < 4.78 is 0. The van der Waals surface area contributed by atoms with E-state index in [1.807, 2.05) is 31.2 Å². The molecule has 3 heteroatoms. The predicted octanol–water partition coefficient (Wildman–Crippen LogP) is 3.04. The van der Waals surface area contributed by atoms with Gasteiger partial charge < -0.3 is 5.32 Å². The molecule has 2 unspecified atom stereocenters. The molecular weight excluding hydrogens is 246 g/mol. The van der Waals surface area contributed by atoms with E-state index in [4.69, 9.17) is 4.99 Å². The van der Waals surface area contributed by atoms with Crippen molar-refractivity contribution in [2.75, 3.05) is 0 Å². The fourth-order valence-electron chi connectivity index (χ4n) is 2.61. The van der Waals surface area contributed by atoms with Gasteiger partial charge in [-0.2, -0.15) is 0 Å². The maximum absolute atomic E-state index is 4.77. The van der Waals surface area contributed by atoms with Crippen LogP contribution in [0, 0.1) is 6.92 Å². The summed E-state index contributed by atoms with van der Waals surface area (Å²) in [6.45, 7) is 6.33. The Bertz CT molecular complexity index is 648. The lowest BCUT2D eigenvalue weighted by Crippen LogP contribution is -2.44. The van der Waals surface area contributed by atoms with Crippen molar-refractivity contribution >= 4 is 5.84 Å². The fraction of sp³-hybridized carbons (Fsp3) is 0.294. The van der Waals surface area contributed by atoms with E-state index in [1.165, 1.54) is 5.56 Å². The van der Waals surface area contributed by atoms with Gasteiger partial charge in [0.1, 0.15) is 11.5 Å². The van der Waals surface area contributed by atoms with Gasteiger partial charge in [0.05, 0.1) is 11.6 Å². The molecule has 2 heterocycles. The molecule has 0 radical (unpaired) electrons. The number of rotatable bonds is 2. The molecule has 1 aromatic heterocycles. The Morgan fingerprint density at radius 2 is 1.80 bits per heavy atom. The normalized spacial score (nSPS) is 25.1. The molecule has 0 aliphatic carbocycles. The second kappa shape index (κ2) is 4.75. The van der Waals surface area contributed by atoms with E-state index in [9.17, 15) is 0 Å². The molecule has 3 nitrogen and oxygen atoms in total. The first-order chi connectivity index (χ1) is 9.59. The zero-order valence-corrected chi connectivity index (χ0v) is 12.1. The second-order valence-corrected chi connectivity index (χ2v) is 5.51. The molecule has 1 N–H and O–H groups in total. The summed E-state index contributed by atoms with van der Waals surface area (Å²) in [6.07, 6.45) is 0. The zero-order valence-electron chi connectivity index (χ0n) is 12.1. The minimum Gasteiger partial charge on any atom is -0.357 e. The van der Waals surface area contributed by atoms with E-state index in [0.717, 1.165) is 17.2 Å². The van der Waals surface area contributed by atoms with Gasteiger partial charge in [0, 0.05) is 5.69 Å². The predicted molar refractivity (Wildman–Crippen MR) is 81.9 cm³/mol. The maximum atomic E-state index is 4.77. The summed E-state index contributed by atoms with van der Waals surface area (Å²) in [4.78, 5) is 9.33. The third kappa shape index (κ3) is 2.09. The summed E-state index contributed by atoms with van der Waals surface area (Å²) in [5.41, 5.74) is 2.99. The minimum absolute atomic E-state index is 0.169. The number of aryl methyl sites for hydroxylation is 1. The monoisotopic (exact) mass is 265 g/mol. The molecule has 0 saturated heterocycles. The van der Waals surface area contributed by atoms with Crippen molar-refractivity contribution in [3.05, 3.63) is 65.5 Å². The van der Waals surface area contributed by atoms with Crippen LogP contribution in [0.1, 0.15) is 30.8 Å². The Balaban J connectivity index is 1.95. The van der Waals surface area contributed by atoms with Crippen LogP contribution in [0.3, 0.4) is 0 Å². The fourth-order valence-corrected chi connectivity index (χ4v) is 2.61. The molecule has 0 spiro atoms. The summed E-state index contributed by atoms with van der Waals surface area (Å²) in [7, 11) is 0. The van der Waals surface area contributed by atoms with Gasteiger partial charge in [-0.1, -0.05) is 36.4 Å². The molecule has 2 aromatic rings. The number of aliphatic imine (C=N–C) groups is 1. The van der Waals surface area contributed by atoms with Crippen LogP contribution in [0.5, 0.6) is 0 Å². The van der Waals surface area contributed by atoms with Gasteiger partial charge in [0.25, 0.3) is 0 Å². The van der Waals surface area contributed by atoms with Gasteiger partial charge >= 0.3 is 0 Å². The minimum atomic E-state index is -0.179. The van der Waals surface area contributed by atoms with E-state index in [2.05, 4.69) is 48.4 Å². The molecule has 1 aromatic carbocycles. The lowest BCUT2D eigenvalue weighted by molar-refractivity contribution is 0.398. The summed E-state index contributed by atoms with van der Waals surface area (Å²) in [6, 6.07) is 16.7. The number of aromatic nitrogens is 1. The molecule has 1 aliphatic rings. The van der Waals surface area contributed by atoms with Gasteiger partial charge in [-0.05, 0) is 38.5 Å². The Morgan fingerprint density at radius 1 is 1.05 bits per heavy atom. The van der Waals surface area contributed by atoms with E-state index in [-0.39, 0.29) is 11.6 Å². The molecule has 1 aliphatic heterocycles. The van der Waals surface area contributed by atoms with Crippen molar-refractivity contribution in [2.45, 2.75) is 32.4 Å². The van der Waals surface area contributed by atoms with Crippen molar-refractivity contribution in [2.24, 2.45) is 4.99 Å². The lowest BCUT2D eigenvalue weighted by atomic mass is 9.87. The van der Waals surface area contributed by atoms with Gasteiger partial charge in [0.2, 0.25) is 0 Å². The second-order valence-electron chi connectivity index (χ2n) is 5.51. The van der Waals surface area contributed by atoms with Crippen molar-refractivity contribution in [1.29, 1.82) is 0 Å². The Labute approximate surface area is 119 Å². The summed E-state index contributed by atoms with van der Waals surface area (Å²) in [5.74, 6) is 0.882. The van der Waals surface area contributed by atoms with Crippen LogP contribution in [-0.2, 0) is 5.54 Å². The molecule has 102 valence electrons. The SMILES string of the molecule is Cc1cccc(C2=NC(C)C(C)(c3ccccc3)N2)n1. The van der Waals surface area contributed by atoms with Crippen LogP contribution < -0.4 is 5.32 Å². The third-order valence-corrected chi connectivity index (χ3v) is 4.04. The highest BCUT2D eigenvalue weighted by Crippen LogP contribution is 2.31. The number of amidine groups is 1. The van der Waals surface area contributed by atoms with E-state index < -0.39 is 0 Å². The number of pyridine rings is 1. The Morgan fingerprint density at radius 3 is 2.50 bits per heavy atom. The lowest BCUT2D eigenvalue weighted by Gasteiger charge is -2.29. The topological polar surface area (TPSA) is 37.3 Å². The first kappa shape index (κ1) is 12.9. The van der Waals surface area contributed by atoms with E-state index in [1.54, 1.807) is 0 Å². The van der Waals surface area contributed by atoms with Crippen molar-refractivity contribution < 1.29 is 0 Å². The molecule has 0 saturated carbocycles. The third-order valence-electron chi connectivity index (χ3n) is 4.04. The van der Waals surface area contributed by atoms with Crippen LogP contribution >= 0.6 is 0 Å². The molecule has 0 amide bonds. The van der Waals surface area contributed by atoms with E-state index >= 15 is 0 Å². The standard InChI is InChI=1S/C17H19N3/c1-12-8-7-11-15(18-12)16-19-13(2)17(3,20-16)14-9-5-4-6-10-14/h4-11,13H,1-3H3,(H,19,20). The van der Waals surface area contributed by atoms with Crippen molar-refractivity contribution in [3.8, 4) is 0 Å². The van der Waals surface area contributed by atoms with Gasteiger partial charge in [-0.25, -0.2) is 4.98 Å². The Hall–Kier alpha value is -2.16. The number of nitrogens with one attached hydrogen (secondary N) is 1. The smallest absolute Gasteiger partial charge is 0.148 e. The molecule has 2 atom stereocenters. The van der Waals surface area contributed by atoms with Crippen molar-refractivity contribution in [3.63, 3.8) is 0 Å². The van der Waals surface area contributed by atoms with Gasteiger partial charge in [0.15, 0.2) is 0 Å². The zero-order chi connectivity index (χ0) is 14.2. The van der Waals surface area contributed by atoms with Crippen molar-refractivity contribution in [1.82, 2.24) is 10.3 Å². The number of hydrogen-bond donors (Lipinski definition) is 1. The largest absolute Gasteiger partial charge is 0.357 e. The van der Waals surface area contributed by atoms with Crippen LogP contribution in [0.15, 0.2) is 53.5 Å². The molecule has 0 bridgehead atoms. The number of nitrogens with zero attached hydrogens (tertiary/aromatic N) is 2. The van der Waals surface area contributed by atoms with Crippen LogP contribution in [-0.4, -0.2) is 16.9 Å². The van der Waals surface area contributed by atoms with Crippen LogP contribution in [0.25, 0.3) is 0 Å². The van der Waals surface area contributed by atoms with Gasteiger partial charge in [-0.15, -0.1) is 0 Å². The molecule has 3 rings (SSSR count). The molecule has 0 fully saturated rings. The average molecular weight is 265 g/mol. The first-order valence-corrected chi connectivity index (χ1v) is 6.95. The summed E-state index contributed by atoms with van der Waals surface area (Å²) >= 11 is 0. The van der Waals surface area contributed by atoms with Crippen LogP contribution in [0.2, 0.25) is 0 Å². The highest BCUT2D eigenvalue weighted by Gasteiger charge is 2.39. The first-order valence-electron chi connectivity index (χ1n) is 6.95.